The van der Waals surface area contributed by atoms with E-state index in [-0.39, 0.29) is 0 Å². The normalized spacial score (nSPS) is 13.6. The van der Waals surface area contributed by atoms with Gasteiger partial charge in [-0.05, 0) is 36.5 Å². The third kappa shape index (κ3) is 5.82. The van der Waals surface area contributed by atoms with Gasteiger partial charge in [0, 0.05) is 13.1 Å². The Bertz CT molecular complexity index is 160. The first-order chi connectivity index (χ1) is 6.78. The Kier molecular flexibility index (Phi) is 6.27. The molecule has 0 amide bonds. The third-order valence-corrected chi connectivity index (χ3v) is 3.86. The predicted octanol–water partition coefficient (Wildman–Crippen LogP) is 3.70. The molecule has 2 heteroatoms. The molecule has 0 aromatic heterocycles. The summed E-state index contributed by atoms with van der Waals surface area (Å²) in [5.41, 5.74) is 0.793. The average molecular weight is 231 g/mol. The van der Waals surface area contributed by atoms with Crippen molar-refractivity contribution in [2.45, 2.75) is 47.5 Å². The molecule has 0 aliphatic rings. The van der Waals surface area contributed by atoms with Crippen molar-refractivity contribution in [3.63, 3.8) is 0 Å². The van der Waals surface area contributed by atoms with Crippen molar-refractivity contribution >= 4 is 12.6 Å². The Morgan fingerprint density at radius 3 is 1.73 bits per heavy atom. The van der Waals surface area contributed by atoms with Crippen LogP contribution in [0.25, 0.3) is 0 Å². The van der Waals surface area contributed by atoms with Crippen LogP contribution in [0, 0.1) is 10.8 Å². The highest BCUT2D eigenvalue weighted by atomic mass is 32.1. The summed E-state index contributed by atoms with van der Waals surface area (Å²) in [7, 11) is 2.23. The van der Waals surface area contributed by atoms with Crippen molar-refractivity contribution in [2.24, 2.45) is 10.8 Å². The summed E-state index contributed by atoms with van der Waals surface area (Å²) in [6.07, 6.45) is 2.45. The van der Waals surface area contributed by atoms with Crippen LogP contribution in [0.4, 0.5) is 0 Å². The highest BCUT2D eigenvalue weighted by molar-refractivity contribution is 7.80. The zero-order valence-corrected chi connectivity index (χ0v) is 12.3. The lowest BCUT2D eigenvalue weighted by Crippen LogP contribution is -2.40. The lowest BCUT2D eigenvalue weighted by Gasteiger charge is -2.37. The van der Waals surface area contributed by atoms with Crippen molar-refractivity contribution in [1.29, 1.82) is 0 Å². The second-order valence-electron chi connectivity index (χ2n) is 6.10. The number of hydrogen-bond acceptors (Lipinski definition) is 2. The van der Waals surface area contributed by atoms with Crippen molar-refractivity contribution in [1.82, 2.24) is 4.90 Å². The molecule has 0 aliphatic heterocycles. The molecule has 0 fully saturated rings. The lowest BCUT2D eigenvalue weighted by molar-refractivity contribution is 0.145. The van der Waals surface area contributed by atoms with Crippen LogP contribution < -0.4 is 0 Å². The zero-order valence-electron chi connectivity index (χ0n) is 11.4. The highest BCUT2D eigenvalue weighted by Crippen LogP contribution is 2.29. The van der Waals surface area contributed by atoms with E-state index in [0.717, 1.165) is 12.3 Å². The third-order valence-electron chi connectivity index (χ3n) is 3.18. The fraction of sp³-hybridized carbons (Fsp3) is 1.00. The summed E-state index contributed by atoms with van der Waals surface area (Å²) >= 11 is 4.52. The Labute approximate surface area is 102 Å². The molecule has 0 saturated carbocycles. The van der Waals surface area contributed by atoms with Gasteiger partial charge in [-0.3, -0.25) is 0 Å². The molecule has 0 aromatic rings. The van der Waals surface area contributed by atoms with Gasteiger partial charge >= 0.3 is 0 Å². The number of hydrogen-bond donors (Lipinski definition) is 1. The quantitative estimate of drug-likeness (QED) is 0.682. The maximum absolute atomic E-state index is 4.52. The van der Waals surface area contributed by atoms with Gasteiger partial charge in [-0.2, -0.15) is 12.6 Å². The smallest absolute Gasteiger partial charge is 0.00428 e. The largest absolute Gasteiger partial charge is 0.305 e. The van der Waals surface area contributed by atoms with Gasteiger partial charge in [0.2, 0.25) is 0 Å². The summed E-state index contributed by atoms with van der Waals surface area (Å²) in [6, 6.07) is 0. The monoisotopic (exact) mass is 231 g/mol. The average Bonchev–Trinajstić information content (AvgIpc) is 2.11. The second kappa shape index (κ2) is 6.15. The van der Waals surface area contributed by atoms with Gasteiger partial charge in [-0.1, -0.05) is 34.6 Å². The maximum Gasteiger partial charge on any atom is 0.00428 e. The van der Waals surface area contributed by atoms with Gasteiger partial charge in [0.05, 0.1) is 0 Å². The van der Waals surface area contributed by atoms with Crippen LogP contribution >= 0.6 is 12.6 Å². The maximum atomic E-state index is 4.52. The first-order valence-corrected chi connectivity index (χ1v) is 6.71. The Hall–Kier alpha value is 0.310. The molecule has 1 nitrogen and oxygen atoms in total. The van der Waals surface area contributed by atoms with E-state index >= 15 is 0 Å². The predicted molar refractivity (Wildman–Crippen MR) is 73.8 cm³/mol. The van der Waals surface area contributed by atoms with E-state index in [9.17, 15) is 0 Å². The summed E-state index contributed by atoms with van der Waals surface area (Å²) in [5, 5.41) is 0. The fourth-order valence-electron chi connectivity index (χ4n) is 2.19. The first-order valence-electron chi connectivity index (χ1n) is 6.08. The number of thiol groups is 1. The van der Waals surface area contributed by atoms with E-state index in [1.54, 1.807) is 0 Å². The van der Waals surface area contributed by atoms with Crippen LogP contribution in [0.5, 0.6) is 0 Å². The molecule has 0 rings (SSSR count). The first kappa shape index (κ1) is 15.3. The Morgan fingerprint density at radius 2 is 1.47 bits per heavy atom. The molecule has 0 bridgehead atoms. The molecule has 15 heavy (non-hydrogen) atoms. The number of rotatable bonds is 6. The zero-order chi connectivity index (χ0) is 12.1. The summed E-state index contributed by atoms with van der Waals surface area (Å²) in [6.45, 7) is 13.8. The van der Waals surface area contributed by atoms with Crippen LogP contribution in [-0.4, -0.2) is 30.8 Å². The molecule has 0 aliphatic carbocycles. The van der Waals surface area contributed by atoms with Crippen molar-refractivity contribution in [3.05, 3.63) is 0 Å². The minimum absolute atomic E-state index is 0.387. The molecule has 0 radical (unpaired) electrons. The van der Waals surface area contributed by atoms with Gasteiger partial charge < -0.3 is 4.90 Å². The van der Waals surface area contributed by atoms with E-state index in [1.165, 1.54) is 19.4 Å². The van der Waals surface area contributed by atoms with Gasteiger partial charge in [0.25, 0.3) is 0 Å². The highest BCUT2D eigenvalue weighted by Gasteiger charge is 2.27. The van der Waals surface area contributed by atoms with E-state index in [2.05, 4.69) is 59.2 Å². The lowest BCUT2D eigenvalue weighted by atomic mass is 9.83. The molecular formula is C13H29NS. The Morgan fingerprint density at radius 1 is 1.00 bits per heavy atom. The minimum Gasteiger partial charge on any atom is -0.305 e. The molecule has 0 heterocycles. The van der Waals surface area contributed by atoms with Crippen molar-refractivity contribution in [3.8, 4) is 0 Å². The van der Waals surface area contributed by atoms with E-state index in [1.807, 2.05) is 0 Å². The van der Waals surface area contributed by atoms with Crippen LogP contribution in [0.1, 0.15) is 47.5 Å². The molecule has 92 valence electrons. The summed E-state index contributed by atoms with van der Waals surface area (Å²) in [4.78, 5) is 2.46. The van der Waals surface area contributed by atoms with Gasteiger partial charge in [-0.25, -0.2) is 0 Å². The van der Waals surface area contributed by atoms with Crippen LogP contribution in [0.2, 0.25) is 0 Å². The SMILES string of the molecule is CCC(CC)(CS)CN(C)CC(C)(C)C. The fourth-order valence-corrected chi connectivity index (χ4v) is 2.73. The standard InChI is InChI=1S/C13H29NS/c1-7-13(8-2,11-15)10-14(6)9-12(3,4)5/h15H,7-11H2,1-6H3. The topological polar surface area (TPSA) is 3.24 Å². The van der Waals surface area contributed by atoms with Gasteiger partial charge in [0.1, 0.15) is 0 Å². The van der Waals surface area contributed by atoms with E-state index in [0.29, 0.717) is 10.8 Å². The van der Waals surface area contributed by atoms with Crippen molar-refractivity contribution < 1.29 is 0 Å². The minimum atomic E-state index is 0.387. The molecule has 0 atom stereocenters. The summed E-state index contributed by atoms with van der Waals surface area (Å²) in [5.74, 6) is 0.995. The van der Waals surface area contributed by atoms with Crippen LogP contribution in [0.3, 0.4) is 0 Å². The van der Waals surface area contributed by atoms with Gasteiger partial charge in [-0.15, -0.1) is 0 Å². The van der Waals surface area contributed by atoms with Crippen LogP contribution in [-0.2, 0) is 0 Å². The molecule has 0 aromatic carbocycles. The van der Waals surface area contributed by atoms with Gasteiger partial charge in [0.15, 0.2) is 0 Å². The van der Waals surface area contributed by atoms with Crippen LogP contribution in [0.15, 0.2) is 0 Å². The molecule has 0 saturated heterocycles. The molecule has 0 unspecified atom stereocenters. The molecule has 0 spiro atoms. The Balaban J connectivity index is 4.29. The second-order valence-corrected chi connectivity index (χ2v) is 6.41. The van der Waals surface area contributed by atoms with E-state index in [4.69, 9.17) is 0 Å². The molecule has 0 N–H and O–H groups in total. The molecular weight excluding hydrogens is 202 g/mol. The summed E-state index contributed by atoms with van der Waals surface area (Å²) < 4.78 is 0. The number of nitrogens with zero attached hydrogens (tertiary/aromatic N) is 1. The van der Waals surface area contributed by atoms with Crippen molar-refractivity contribution in [2.75, 3.05) is 25.9 Å². The van der Waals surface area contributed by atoms with E-state index < -0.39 is 0 Å².